The van der Waals surface area contributed by atoms with Crippen molar-refractivity contribution in [3.8, 4) is 0 Å². The van der Waals surface area contributed by atoms with Gasteiger partial charge in [-0.25, -0.2) is 17.5 Å². The Morgan fingerprint density at radius 1 is 1.48 bits per heavy atom. The lowest BCUT2D eigenvalue weighted by Gasteiger charge is -2.51. The molecular weight excluding hydrogens is 295 g/mol. The molecule has 118 valence electrons. The van der Waals surface area contributed by atoms with Gasteiger partial charge in [0.2, 0.25) is 10.0 Å². The molecule has 0 bridgehead atoms. The van der Waals surface area contributed by atoms with Crippen LogP contribution in [0.15, 0.2) is 23.1 Å². The third-order valence-corrected chi connectivity index (χ3v) is 5.67. The Balaban J connectivity index is 2.21. The average Bonchev–Trinajstić information content (AvgIpc) is 2.37. The fourth-order valence-corrected chi connectivity index (χ4v) is 4.22. The average molecular weight is 316 g/mol. The van der Waals surface area contributed by atoms with Crippen LogP contribution in [0.2, 0.25) is 0 Å². The zero-order chi connectivity index (χ0) is 15.8. The summed E-state index contributed by atoms with van der Waals surface area (Å²) in [5, 5.41) is 0. The van der Waals surface area contributed by atoms with Gasteiger partial charge >= 0.3 is 0 Å². The molecule has 5 nitrogen and oxygen atoms in total. The smallest absolute Gasteiger partial charge is 0.245 e. The lowest BCUT2D eigenvalue weighted by Crippen LogP contribution is -2.62. The van der Waals surface area contributed by atoms with E-state index < -0.39 is 20.7 Å². The first-order chi connectivity index (χ1) is 9.70. The summed E-state index contributed by atoms with van der Waals surface area (Å²) in [4.78, 5) is -0.486. The van der Waals surface area contributed by atoms with Gasteiger partial charge in [0.1, 0.15) is 10.7 Å². The van der Waals surface area contributed by atoms with Gasteiger partial charge in [-0.1, -0.05) is 19.9 Å². The molecule has 0 spiro atoms. The fraction of sp³-hybridized carbons (Fsp3) is 0.571. The first-order valence-electron chi connectivity index (χ1n) is 6.88. The second-order valence-electron chi connectivity index (χ2n) is 5.83. The van der Waals surface area contributed by atoms with Crippen LogP contribution in [-0.4, -0.2) is 27.2 Å². The number of rotatable bonds is 5. The van der Waals surface area contributed by atoms with Crippen molar-refractivity contribution >= 4 is 15.7 Å². The molecule has 0 heterocycles. The van der Waals surface area contributed by atoms with E-state index in [1.807, 2.05) is 20.8 Å². The number of nitrogens with one attached hydrogen (secondary N) is 1. The van der Waals surface area contributed by atoms with E-state index in [1.54, 1.807) is 0 Å². The minimum atomic E-state index is -4.00. The van der Waals surface area contributed by atoms with Crippen LogP contribution in [0.25, 0.3) is 0 Å². The highest BCUT2D eigenvalue weighted by atomic mass is 32.2. The summed E-state index contributed by atoms with van der Waals surface area (Å²) in [5.41, 5.74) is 5.16. The van der Waals surface area contributed by atoms with Gasteiger partial charge in [0, 0.05) is 18.1 Å². The third kappa shape index (κ3) is 2.90. The Morgan fingerprint density at radius 2 is 2.14 bits per heavy atom. The van der Waals surface area contributed by atoms with Gasteiger partial charge in [-0.3, -0.25) is 0 Å². The number of halogens is 1. The topological polar surface area (TPSA) is 81.4 Å². The Labute approximate surface area is 124 Å². The number of nitrogens with two attached hydrogens (primary N) is 1. The third-order valence-electron chi connectivity index (χ3n) is 4.11. The molecule has 0 saturated heterocycles. The molecule has 1 saturated carbocycles. The summed E-state index contributed by atoms with van der Waals surface area (Å²) in [6.45, 7) is 6.32. The Kier molecular flexibility index (Phi) is 4.28. The molecule has 1 aliphatic rings. The van der Waals surface area contributed by atoms with E-state index in [0.29, 0.717) is 13.0 Å². The summed E-state index contributed by atoms with van der Waals surface area (Å²) < 4.78 is 46.6. The normalized spacial score (nSPS) is 24.6. The van der Waals surface area contributed by atoms with E-state index in [9.17, 15) is 12.8 Å². The Morgan fingerprint density at radius 3 is 2.67 bits per heavy atom. The molecule has 2 atom stereocenters. The molecule has 2 rings (SSSR count). The van der Waals surface area contributed by atoms with Gasteiger partial charge in [0.15, 0.2) is 0 Å². The van der Waals surface area contributed by atoms with E-state index in [4.69, 9.17) is 10.5 Å². The first-order valence-corrected chi connectivity index (χ1v) is 8.36. The van der Waals surface area contributed by atoms with Gasteiger partial charge in [-0.05, 0) is 25.5 Å². The fourth-order valence-electron chi connectivity index (χ4n) is 2.62. The predicted molar refractivity (Wildman–Crippen MR) is 78.7 cm³/mol. The standard InChI is InChI=1S/C14H21FN2O3S/c1-4-20-12-8-11(14(12,2)3)17-21(18,19)13-9(15)6-5-7-10(13)16/h5-7,11-12,17H,4,8,16H2,1-3H3. The van der Waals surface area contributed by atoms with E-state index in [0.717, 1.165) is 6.07 Å². The molecule has 7 heteroatoms. The SMILES string of the molecule is CCOC1CC(NS(=O)(=O)c2c(N)cccc2F)C1(C)C. The van der Waals surface area contributed by atoms with Crippen molar-refractivity contribution in [1.29, 1.82) is 0 Å². The highest BCUT2D eigenvalue weighted by Crippen LogP contribution is 2.43. The number of anilines is 1. The van der Waals surface area contributed by atoms with Gasteiger partial charge in [0.05, 0.1) is 11.8 Å². The highest BCUT2D eigenvalue weighted by Gasteiger charge is 2.50. The Bertz CT molecular complexity index is 611. The van der Waals surface area contributed by atoms with Crippen molar-refractivity contribution in [2.75, 3.05) is 12.3 Å². The lowest BCUT2D eigenvalue weighted by atomic mass is 9.65. The number of hydrogen-bond acceptors (Lipinski definition) is 4. The van der Waals surface area contributed by atoms with Crippen molar-refractivity contribution in [3.05, 3.63) is 24.0 Å². The zero-order valence-corrected chi connectivity index (χ0v) is 13.2. The molecule has 1 fully saturated rings. The molecular formula is C14H21FN2O3S. The van der Waals surface area contributed by atoms with E-state index >= 15 is 0 Å². The van der Waals surface area contributed by atoms with Crippen LogP contribution >= 0.6 is 0 Å². The maximum absolute atomic E-state index is 13.8. The summed E-state index contributed by atoms with van der Waals surface area (Å²) in [6, 6.07) is 3.52. The zero-order valence-electron chi connectivity index (χ0n) is 12.4. The molecule has 0 aromatic heterocycles. The molecule has 0 radical (unpaired) electrons. The molecule has 2 unspecified atom stereocenters. The number of sulfonamides is 1. The number of benzene rings is 1. The molecule has 1 aliphatic carbocycles. The van der Waals surface area contributed by atoms with E-state index in [1.165, 1.54) is 12.1 Å². The van der Waals surface area contributed by atoms with Gasteiger partial charge < -0.3 is 10.5 Å². The summed E-state index contributed by atoms with van der Waals surface area (Å²) >= 11 is 0. The van der Waals surface area contributed by atoms with Crippen LogP contribution in [0.3, 0.4) is 0 Å². The molecule has 1 aromatic rings. The number of ether oxygens (including phenoxy) is 1. The van der Waals surface area contributed by atoms with Crippen LogP contribution < -0.4 is 10.5 Å². The molecule has 0 aliphatic heterocycles. The monoisotopic (exact) mass is 316 g/mol. The van der Waals surface area contributed by atoms with Crippen molar-refractivity contribution in [1.82, 2.24) is 4.72 Å². The molecule has 21 heavy (non-hydrogen) atoms. The second kappa shape index (κ2) is 5.55. The van der Waals surface area contributed by atoms with E-state index in [2.05, 4.69) is 4.72 Å². The van der Waals surface area contributed by atoms with Crippen molar-refractivity contribution in [2.24, 2.45) is 5.41 Å². The minimum Gasteiger partial charge on any atom is -0.398 e. The largest absolute Gasteiger partial charge is 0.398 e. The van der Waals surface area contributed by atoms with Crippen LogP contribution in [0, 0.1) is 11.2 Å². The quantitative estimate of drug-likeness (QED) is 0.813. The molecule has 3 N–H and O–H groups in total. The minimum absolute atomic E-state index is 0.00633. The summed E-state index contributed by atoms with van der Waals surface area (Å²) in [5.74, 6) is -0.846. The lowest BCUT2D eigenvalue weighted by molar-refractivity contribution is -0.108. The number of hydrogen-bond donors (Lipinski definition) is 2. The second-order valence-corrected chi connectivity index (χ2v) is 7.48. The van der Waals surface area contributed by atoms with Crippen molar-refractivity contribution < 1.29 is 17.5 Å². The predicted octanol–water partition coefficient (Wildman–Crippen LogP) is 1.89. The highest BCUT2D eigenvalue weighted by molar-refractivity contribution is 7.89. The summed E-state index contributed by atoms with van der Waals surface area (Å²) in [6.07, 6.45) is 0.558. The van der Waals surface area contributed by atoms with Crippen LogP contribution in [0.4, 0.5) is 10.1 Å². The first kappa shape index (κ1) is 16.2. The van der Waals surface area contributed by atoms with Crippen molar-refractivity contribution in [3.63, 3.8) is 0 Å². The summed E-state index contributed by atoms with van der Waals surface area (Å²) in [7, 11) is -4.00. The van der Waals surface area contributed by atoms with Crippen molar-refractivity contribution in [2.45, 2.75) is 44.2 Å². The van der Waals surface area contributed by atoms with Crippen LogP contribution in [0.1, 0.15) is 27.2 Å². The number of nitrogen functional groups attached to an aromatic ring is 1. The van der Waals surface area contributed by atoms with E-state index in [-0.39, 0.29) is 23.2 Å². The van der Waals surface area contributed by atoms with Gasteiger partial charge in [-0.15, -0.1) is 0 Å². The van der Waals surface area contributed by atoms with Crippen LogP contribution in [-0.2, 0) is 14.8 Å². The molecule has 1 aromatic carbocycles. The Hall–Kier alpha value is -1.18. The maximum Gasteiger partial charge on any atom is 0.245 e. The maximum atomic E-state index is 13.8. The van der Waals surface area contributed by atoms with Gasteiger partial charge in [-0.2, -0.15) is 0 Å². The van der Waals surface area contributed by atoms with Gasteiger partial charge in [0.25, 0.3) is 0 Å². The molecule has 0 amide bonds. The van der Waals surface area contributed by atoms with Crippen LogP contribution in [0.5, 0.6) is 0 Å².